The van der Waals surface area contributed by atoms with E-state index >= 15 is 0 Å². The molecule has 2 heterocycles. The van der Waals surface area contributed by atoms with Gasteiger partial charge in [0, 0.05) is 30.7 Å². The zero-order valence-electron chi connectivity index (χ0n) is 13.3. The van der Waals surface area contributed by atoms with Gasteiger partial charge in [-0.05, 0) is 12.1 Å². The van der Waals surface area contributed by atoms with Crippen LogP contribution in [0.3, 0.4) is 0 Å². The molecule has 1 aromatic heterocycles. The number of hydrogen-bond donors (Lipinski definition) is 3. The minimum atomic E-state index is -3.75. The van der Waals surface area contributed by atoms with Gasteiger partial charge in [0.05, 0.1) is 23.1 Å². The number of sulfonamides is 1. The molecule has 10 heteroatoms. The summed E-state index contributed by atoms with van der Waals surface area (Å²) >= 11 is 0. The summed E-state index contributed by atoms with van der Waals surface area (Å²) in [5.41, 5.74) is 0.391. The van der Waals surface area contributed by atoms with Gasteiger partial charge in [0.1, 0.15) is 4.90 Å². The van der Waals surface area contributed by atoms with Crippen LogP contribution in [0.1, 0.15) is 0 Å². The van der Waals surface area contributed by atoms with Crippen LogP contribution < -0.4 is 10.0 Å². The molecule has 136 valence electrons. The Morgan fingerprint density at radius 2 is 1.92 bits per heavy atom. The van der Waals surface area contributed by atoms with Gasteiger partial charge < -0.3 is 10.4 Å². The molecular formula is C15H19N3O5S2. The van der Waals surface area contributed by atoms with E-state index in [0.29, 0.717) is 5.52 Å². The van der Waals surface area contributed by atoms with Gasteiger partial charge >= 0.3 is 0 Å². The molecule has 0 saturated carbocycles. The number of para-hydroxylation sites is 1. The minimum Gasteiger partial charge on any atom is -0.390 e. The third-order valence-corrected chi connectivity index (χ3v) is 7.24. The topological polar surface area (TPSA) is 125 Å². The van der Waals surface area contributed by atoms with Gasteiger partial charge in [-0.2, -0.15) is 0 Å². The van der Waals surface area contributed by atoms with Gasteiger partial charge in [-0.1, -0.05) is 18.2 Å². The number of aromatic nitrogens is 1. The molecule has 1 aromatic carbocycles. The molecule has 1 aliphatic heterocycles. The maximum Gasteiger partial charge on any atom is 0.242 e. The monoisotopic (exact) mass is 385 g/mol. The lowest BCUT2D eigenvalue weighted by Gasteiger charge is -2.15. The van der Waals surface area contributed by atoms with E-state index < -0.39 is 32.0 Å². The van der Waals surface area contributed by atoms with Crippen molar-refractivity contribution in [2.45, 2.75) is 17.0 Å². The van der Waals surface area contributed by atoms with Crippen molar-refractivity contribution in [3.05, 3.63) is 36.5 Å². The summed E-state index contributed by atoms with van der Waals surface area (Å²) < 4.78 is 50.3. The van der Waals surface area contributed by atoms with Crippen molar-refractivity contribution in [3.63, 3.8) is 0 Å². The summed E-state index contributed by atoms with van der Waals surface area (Å²) in [6.45, 7) is 0.267. The maximum atomic E-state index is 12.5. The van der Waals surface area contributed by atoms with Crippen LogP contribution in [0, 0.1) is 0 Å². The van der Waals surface area contributed by atoms with Gasteiger partial charge in [-0.15, -0.1) is 0 Å². The molecule has 0 amide bonds. The SMILES string of the molecule is O=S1(=O)C[C@@H](O)[C@@H](NCCNS(=O)(=O)c2cccc3cccnc23)C1. The number of sulfone groups is 1. The van der Waals surface area contributed by atoms with Crippen molar-refractivity contribution in [2.75, 3.05) is 24.6 Å². The van der Waals surface area contributed by atoms with Crippen LogP contribution in [-0.4, -0.2) is 63.7 Å². The summed E-state index contributed by atoms with van der Waals surface area (Å²) in [6, 6.07) is 7.86. The zero-order chi connectivity index (χ0) is 18.1. The number of fused-ring (bicyclic) bond motifs is 1. The second kappa shape index (κ2) is 6.96. The lowest BCUT2D eigenvalue weighted by molar-refractivity contribution is 0.166. The van der Waals surface area contributed by atoms with Gasteiger partial charge in [-0.25, -0.2) is 21.6 Å². The fourth-order valence-electron chi connectivity index (χ4n) is 2.84. The van der Waals surface area contributed by atoms with E-state index in [0.717, 1.165) is 5.39 Å². The summed E-state index contributed by atoms with van der Waals surface area (Å²) in [5, 5.41) is 13.3. The first-order valence-electron chi connectivity index (χ1n) is 7.74. The van der Waals surface area contributed by atoms with E-state index in [9.17, 15) is 21.9 Å². The predicted octanol–water partition coefficient (Wildman–Crippen LogP) is -0.739. The van der Waals surface area contributed by atoms with Crippen molar-refractivity contribution in [1.29, 1.82) is 0 Å². The van der Waals surface area contributed by atoms with Gasteiger partial charge in [0.2, 0.25) is 10.0 Å². The molecule has 0 radical (unpaired) electrons. The lowest BCUT2D eigenvalue weighted by Crippen LogP contribution is -2.42. The normalized spacial score (nSPS) is 23.1. The largest absolute Gasteiger partial charge is 0.390 e. The summed E-state index contributed by atoms with van der Waals surface area (Å²) in [4.78, 5) is 4.22. The minimum absolute atomic E-state index is 0.0643. The number of benzene rings is 1. The van der Waals surface area contributed by atoms with E-state index in [-0.39, 0.29) is 29.5 Å². The first-order valence-corrected chi connectivity index (χ1v) is 11.0. The highest BCUT2D eigenvalue weighted by Gasteiger charge is 2.35. The van der Waals surface area contributed by atoms with Gasteiger partial charge in [0.15, 0.2) is 9.84 Å². The van der Waals surface area contributed by atoms with Crippen molar-refractivity contribution in [2.24, 2.45) is 0 Å². The van der Waals surface area contributed by atoms with E-state index in [2.05, 4.69) is 15.0 Å². The summed E-state index contributed by atoms with van der Waals surface area (Å²) in [7, 11) is -6.99. The summed E-state index contributed by atoms with van der Waals surface area (Å²) in [5.74, 6) is -0.410. The molecule has 25 heavy (non-hydrogen) atoms. The third kappa shape index (κ3) is 4.15. The number of hydrogen-bond acceptors (Lipinski definition) is 7. The van der Waals surface area contributed by atoms with Crippen LogP contribution in [-0.2, 0) is 19.9 Å². The molecule has 0 bridgehead atoms. The van der Waals surface area contributed by atoms with Gasteiger partial charge in [-0.3, -0.25) is 4.98 Å². The molecular weight excluding hydrogens is 366 g/mol. The van der Waals surface area contributed by atoms with Crippen LogP contribution in [0.25, 0.3) is 10.9 Å². The van der Waals surface area contributed by atoms with Crippen LogP contribution in [0.4, 0.5) is 0 Å². The van der Waals surface area contributed by atoms with Crippen LogP contribution in [0.5, 0.6) is 0 Å². The van der Waals surface area contributed by atoms with E-state index in [1.165, 1.54) is 12.3 Å². The van der Waals surface area contributed by atoms with Gasteiger partial charge in [0.25, 0.3) is 0 Å². The Bertz CT molecular complexity index is 970. The van der Waals surface area contributed by atoms with Crippen LogP contribution >= 0.6 is 0 Å². The standard InChI is InChI=1S/C15H19N3O5S2/c19-13-10-24(20,21)9-12(13)16-7-8-18-25(22,23)14-5-1-3-11-4-2-6-17-15(11)14/h1-6,12-13,16,18-19H,7-10H2/t12-,13+/m0/s1. The molecule has 3 rings (SSSR count). The second-order valence-electron chi connectivity index (χ2n) is 5.93. The molecule has 1 aliphatic rings. The second-order valence-corrected chi connectivity index (χ2v) is 9.82. The highest BCUT2D eigenvalue weighted by atomic mass is 32.2. The third-order valence-electron chi connectivity index (χ3n) is 4.03. The molecule has 0 unspecified atom stereocenters. The zero-order valence-corrected chi connectivity index (χ0v) is 14.9. The molecule has 0 spiro atoms. The molecule has 1 saturated heterocycles. The number of rotatable bonds is 6. The first kappa shape index (κ1) is 18.2. The molecule has 1 fully saturated rings. The number of aliphatic hydroxyl groups excluding tert-OH is 1. The Balaban J connectivity index is 1.63. The Morgan fingerprint density at radius 1 is 1.16 bits per heavy atom. The average Bonchev–Trinajstić information content (AvgIpc) is 2.83. The average molecular weight is 385 g/mol. The van der Waals surface area contributed by atoms with E-state index in [1.807, 2.05) is 0 Å². The predicted molar refractivity (Wildman–Crippen MR) is 93.4 cm³/mol. The highest BCUT2D eigenvalue weighted by molar-refractivity contribution is 7.91. The van der Waals surface area contributed by atoms with Crippen molar-refractivity contribution in [3.8, 4) is 0 Å². The highest BCUT2D eigenvalue weighted by Crippen LogP contribution is 2.20. The lowest BCUT2D eigenvalue weighted by atomic mass is 10.2. The number of nitrogens with zero attached hydrogens (tertiary/aromatic N) is 1. The number of pyridine rings is 1. The first-order chi connectivity index (χ1) is 11.8. The number of aliphatic hydroxyl groups is 1. The maximum absolute atomic E-state index is 12.5. The fourth-order valence-corrected chi connectivity index (χ4v) is 5.82. The molecule has 2 aromatic rings. The van der Waals surface area contributed by atoms with E-state index in [4.69, 9.17) is 0 Å². The summed E-state index contributed by atoms with van der Waals surface area (Å²) in [6.07, 6.45) is 0.564. The van der Waals surface area contributed by atoms with E-state index in [1.54, 1.807) is 24.3 Å². The van der Waals surface area contributed by atoms with Crippen molar-refractivity contribution >= 4 is 30.8 Å². The molecule has 8 nitrogen and oxygen atoms in total. The van der Waals surface area contributed by atoms with Crippen molar-refractivity contribution < 1.29 is 21.9 Å². The molecule has 3 N–H and O–H groups in total. The Morgan fingerprint density at radius 3 is 2.64 bits per heavy atom. The Hall–Kier alpha value is -1.59. The Kier molecular flexibility index (Phi) is 5.07. The quantitative estimate of drug-likeness (QED) is 0.559. The fraction of sp³-hybridized carbons (Fsp3) is 0.400. The van der Waals surface area contributed by atoms with Crippen LogP contribution in [0.15, 0.2) is 41.4 Å². The Labute approximate surface area is 146 Å². The smallest absolute Gasteiger partial charge is 0.242 e. The molecule has 2 atom stereocenters. The number of nitrogens with one attached hydrogen (secondary N) is 2. The van der Waals surface area contributed by atoms with Crippen LogP contribution in [0.2, 0.25) is 0 Å². The van der Waals surface area contributed by atoms with Crippen molar-refractivity contribution in [1.82, 2.24) is 15.0 Å². The molecule has 0 aliphatic carbocycles.